The smallest absolute Gasteiger partial charge is 0.119 e. The molecule has 1 aliphatic rings. The van der Waals surface area contributed by atoms with Gasteiger partial charge >= 0.3 is 0 Å². The molecule has 0 heterocycles. The minimum atomic E-state index is 0.520. The molecule has 0 amide bonds. The molecule has 0 bridgehead atoms. The number of rotatable bonds is 9. The summed E-state index contributed by atoms with van der Waals surface area (Å²) in [5.74, 6) is 0.952. The zero-order valence-electron chi connectivity index (χ0n) is 12.4. The van der Waals surface area contributed by atoms with Crippen LogP contribution in [0.3, 0.4) is 0 Å². The second-order valence-corrected chi connectivity index (χ2v) is 5.40. The molecule has 1 aromatic rings. The summed E-state index contributed by atoms with van der Waals surface area (Å²) in [6.45, 7) is 3.54. The first kappa shape index (κ1) is 15.3. The lowest BCUT2D eigenvalue weighted by Crippen LogP contribution is -2.25. The van der Waals surface area contributed by atoms with Gasteiger partial charge in [0.1, 0.15) is 5.75 Å². The number of benzene rings is 1. The zero-order valence-corrected chi connectivity index (χ0v) is 12.4. The third kappa shape index (κ3) is 6.40. The molecule has 3 nitrogen and oxygen atoms in total. The van der Waals surface area contributed by atoms with Gasteiger partial charge in [-0.1, -0.05) is 37.5 Å². The average molecular weight is 277 g/mol. The molecule has 1 saturated carbocycles. The number of nitrogens with one attached hydrogen (secondary N) is 1. The molecule has 2 rings (SSSR count). The fraction of sp³-hybridized carbons (Fsp3) is 0.647. The Labute approximate surface area is 122 Å². The quantitative estimate of drug-likeness (QED) is 0.702. The van der Waals surface area contributed by atoms with E-state index in [-0.39, 0.29) is 0 Å². The molecule has 20 heavy (non-hydrogen) atoms. The average Bonchev–Trinajstić information content (AvgIpc) is 2.52. The SMILES string of the molecule is c1ccc(OCCCNCCOC2CCCCC2)cc1. The van der Waals surface area contributed by atoms with Crippen molar-refractivity contribution in [3.63, 3.8) is 0 Å². The third-order valence-electron chi connectivity index (χ3n) is 3.69. The summed E-state index contributed by atoms with van der Waals surface area (Å²) in [7, 11) is 0. The van der Waals surface area contributed by atoms with Crippen LogP contribution in [-0.4, -0.2) is 32.4 Å². The molecule has 3 heteroatoms. The van der Waals surface area contributed by atoms with E-state index in [4.69, 9.17) is 9.47 Å². The van der Waals surface area contributed by atoms with Crippen molar-refractivity contribution in [1.82, 2.24) is 5.32 Å². The normalized spacial score (nSPS) is 16.2. The molecule has 0 saturated heterocycles. The molecule has 0 spiro atoms. The molecule has 1 fully saturated rings. The van der Waals surface area contributed by atoms with E-state index < -0.39 is 0 Å². The minimum Gasteiger partial charge on any atom is -0.494 e. The van der Waals surface area contributed by atoms with Gasteiger partial charge in [0.2, 0.25) is 0 Å². The fourth-order valence-corrected chi connectivity index (χ4v) is 2.56. The first-order chi connectivity index (χ1) is 9.95. The van der Waals surface area contributed by atoms with E-state index in [1.807, 2.05) is 30.3 Å². The Balaban J connectivity index is 1.38. The van der Waals surface area contributed by atoms with Crippen molar-refractivity contribution in [2.45, 2.75) is 44.6 Å². The molecule has 1 aromatic carbocycles. The van der Waals surface area contributed by atoms with Crippen LogP contribution >= 0.6 is 0 Å². The maximum atomic E-state index is 5.87. The van der Waals surface area contributed by atoms with Crippen molar-refractivity contribution < 1.29 is 9.47 Å². The van der Waals surface area contributed by atoms with Crippen LogP contribution in [0.15, 0.2) is 30.3 Å². The molecular formula is C17H27NO2. The van der Waals surface area contributed by atoms with E-state index >= 15 is 0 Å². The van der Waals surface area contributed by atoms with E-state index in [0.29, 0.717) is 6.10 Å². The first-order valence-corrected chi connectivity index (χ1v) is 7.95. The summed E-state index contributed by atoms with van der Waals surface area (Å²) >= 11 is 0. The van der Waals surface area contributed by atoms with Gasteiger partial charge in [-0.3, -0.25) is 0 Å². The molecule has 0 aliphatic heterocycles. The predicted molar refractivity (Wildman–Crippen MR) is 82.2 cm³/mol. The summed E-state index contributed by atoms with van der Waals surface area (Å²) in [6.07, 6.45) is 8.13. The minimum absolute atomic E-state index is 0.520. The zero-order chi connectivity index (χ0) is 13.9. The van der Waals surface area contributed by atoms with Crippen LogP contribution in [0.25, 0.3) is 0 Å². The van der Waals surface area contributed by atoms with Crippen molar-refractivity contribution in [3.05, 3.63) is 30.3 Å². The van der Waals surface area contributed by atoms with Gasteiger partial charge in [-0.05, 0) is 37.9 Å². The van der Waals surface area contributed by atoms with Gasteiger partial charge in [-0.15, -0.1) is 0 Å². The van der Waals surface area contributed by atoms with Gasteiger partial charge in [0.25, 0.3) is 0 Å². The molecule has 112 valence electrons. The van der Waals surface area contributed by atoms with Crippen LogP contribution in [-0.2, 0) is 4.74 Å². The Morgan fingerprint density at radius 1 is 0.950 bits per heavy atom. The standard InChI is InChI=1S/C17H27NO2/c1-3-8-16(9-4-1)19-14-7-12-18-13-15-20-17-10-5-2-6-11-17/h1,3-4,8-9,17-18H,2,5-7,10-15H2. The molecule has 0 atom stereocenters. The van der Waals surface area contributed by atoms with E-state index in [1.54, 1.807) is 0 Å². The Kier molecular flexibility index (Phi) is 7.50. The number of para-hydroxylation sites is 1. The number of ether oxygens (including phenoxy) is 2. The van der Waals surface area contributed by atoms with Crippen molar-refractivity contribution in [2.24, 2.45) is 0 Å². The summed E-state index contributed by atoms with van der Waals surface area (Å²) in [5.41, 5.74) is 0. The maximum Gasteiger partial charge on any atom is 0.119 e. The highest BCUT2D eigenvalue weighted by atomic mass is 16.5. The van der Waals surface area contributed by atoms with Gasteiger partial charge < -0.3 is 14.8 Å². The molecule has 0 radical (unpaired) electrons. The Hall–Kier alpha value is -1.06. The summed E-state index contributed by atoms with van der Waals surface area (Å²) < 4.78 is 11.5. The van der Waals surface area contributed by atoms with E-state index in [9.17, 15) is 0 Å². The molecule has 0 unspecified atom stereocenters. The lowest BCUT2D eigenvalue weighted by Gasteiger charge is -2.22. The van der Waals surface area contributed by atoms with Crippen LogP contribution in [0.4, 0.5) is 0 Å². The monoisotopic (exact) mass is 277 g/mol. The number of hydrogen-bond acceptors (Lipinski definition) is 3. The fourth-order valence-electron chi connectivity index (χ4n) is 2.56. The summed E-state index contributed by atoms with van der Waals surface area (Å²) in [4.78, 5) is 0. The lowest BCUT2D eigenvalue weighted by molar-refractivity contribution is 0.0303. The van der Waals surface area contributed by atoms with Gasteiger partial charge in [-0.25, -0.2) is 0 Å². The van der Waals surface area contributed by atoms with Crippen LogP contribution in [0, 0.1) is 0 Å². The third-order valence-corrected chi connectivity index (χ3v) is 3.69. The van der Waals surface area contributed by atoms with Crippen LogP contribution in [0.2, 0.25) is 0 Å². The summed E-state index contributed by atoms with van der Waals surface area (Å²) in [6, 6.07) is 9.98. The van der Waals surface area contributed by atoms with Crippen LogP contribution in [0.1, 0.15) is 38.5 Å². The Morgan fingerprint density at radius 3 is 2.55 bits per heavy atom. The second kappa shape index (κ2) is 9.78. The Bertz CT molecular complexity index is 336. The topological polar surface area (TPSA) is 30.5 Å². The highest BCUT2D eigenvalue weighted by Crippen LogP contribution is 2.19. The van der Waals surface area contributed by atoms with Crippen LogP contribution in [0.5, 0.6) is 5.75 Å². The number of hydrogen-bond donors (Lipinski definition) is 1. The summed E-state index contributed by atoms with van der Waals surface area (Å²) in [5, 5.41) is 3.41. The second-order valence-electron chi connectivity index (χ2n) is 5.40. The van der Waals surface area contributed by atoms with Crippen LogP contribution < -0.4 is 10.1 Å². The molecular weight excluding hydrogens is 250 g/mol. The van der Waals surface area contributed by atoms with Crippen molar-refractivity contribution in [1.29, 1.82) is 0 Å². The largest absolute Gasteiger partial charge is 0.494 e. The van der Waals surface area contributed by atoms with Gasteiger partial charge in [0.15, 0.2) is 0 Å². The van der Waals surface area contributed by atoms with E-state index in [0.717, 1.165) is 38.5 Å². The Morgan fingerprint density at radius 2 is 1.75 bits per heavy atom. The first-order valence-electron chi connectivity index (χ1n) is 7.95. The van der Waals surface area contributed by atoms with Crippen molar-refractivity contribution in [3.8, 4) is 5.75 Å². The van der Waals surface area contributed by atoms with Crippen molar-refractivity contribution in [2.75, 3.05) is 26.3 Å². The van der Waals surface area contributed by atoms with E-state index in [1.165, 1.54) is 32.1 Å². The van der Waals surface area contributed by atoms with Gasteiger partial charge in [-0.2, -0.15) is 0 Å². The molecule has 0 aromatic heterocycles. The molecule has 1 N–H and O–H groups in total. The highest BCUT2D eigenvalue weighted by molar-refractivity contribution is 5.20. The van der Waals surface area contributed by atoms with Gasteiger partial charge in [0, 0.05) is 6.54 Å². The van der Waals surface area contributed by atoms with Crippen molar-refractivity contribution >= 4 is 0 Å². The maximum absolute atomic E-state index is 5.87. The van der Waals surface area contributed by atoms with E-state index in [2.05, 4.69) is 5.32 Å². The lowest BCUT2D eigenvalue weighted by atomic mass is 9.98. The molecule has 1 aliphatic carbocycles. The highest BCUT2D eigenvalue weighted by Gasteiger charge is 2.12. The van der Waals surface area contributed by atoms with Gasteiger partial charge in [0.05, 0.1) is 19.3 Å². The predicted octanol–water partition coefficient (Wildman–Crippen LogP) is 3.39.